The Morgan fingerprint density at radius 2 is 2.12 bits per heavy atom. The quantitative estimate of drug-likeness (QED) is 0.876. The molecule has 25 heavy (non-hydrogen) atoms. The summed E-state index contributed by atoms with van der Waals surface area (Å²) in [7, 11) is 0. The Balaban J connectivity index is 0.00000225. The first-order chi connectivity index (χ1) is 11.5. The molecule has 7 heteroatoms. The molecule has 2 heterocycles. The van der Waals surface area contributed by atoms with Crippen molar-refractivity contribution in [1.82, 2.24) is 15.3 Å². The highest BCUT2D eigenvalue weighted by Crippen LogP contribution is 2.25. The molecule has 0 unspecified atom stereocenters. The molecule has 0 bridgehead atoms. The minimum absolute atomic E-state index is 0. The molecule has 0 saturated heterocycles. The minimum Gasteiger partial charge on any atom is -0.319 e. The molecule has 1 aromatic carbocycles. The van der Waals surface area contributed by atoms with Gasteiger partial charge in [-0.15, -0.1) is 12.4 Å². The predicted octanol–water partition coefficient (Wildman–Crippen LogP) is 3.37. The Labute approximate surface area is 152 Å². The highest BCUT2D eigenvalue weighted by atomic mass is 35.5. The summed E-state index contributed by atoms with van der Waals surface area (Å²) in [5, 5.41) is 5.89. The van der Waals surface area contributed by atoms with E-state index in [9.17, 15) is 9.18 Å². The van der Waals surface area contributed by atoms with E-state index in [2.05, 4.69) is 20.6 Å². The Morgan fingerprint density at radius 1 is 1.36 bits per heavy atom. The van der Waals surface area contributed by atoms with Crippen molar-refractivity contribution >= 4 is 24.0 Å². The maximum atomic E-state index is 14.7. The van der Waals surface area contributed by atoms with Crippen LogP contribution in [0, 0.1) is 12.7 Å². The van der Waals surface area contributed by atoms with Gasteiger partial charge in [-0.25, -0.2) is 14.4 Å². The fourth-order valence-electron chi connectivity index (χ4n) is 2.92. The number of fused-ring (bicyclic) bond motifs is 1. The zero-order chi connectivity index (χ0) is 17.3. The van der Waals surface area contributed by atoms with Crippen molar-refractivity contribution in [2.75, 3.05) is 11.9 Å². The van der Waals surface area contributed by atoms with Gasteiger partial charge in [-0.1, -0.05) is 19.9 Å². The van der Waals surface area contributed by atoms with Gasteiger partial charge in [0.15, 0.2) is 0 Å². The van der Waals surface area contributed by atoms with E-state index in [4.69, 9.17) is 0 Å². The summed E-state index contributed by atoms with van der Waals surface area (Å²) in [6.45, 7) is 7.11. The summed E-state index contributed by atoms with van der Waals surface area (Å²) in [5.41, 5.74) is 2.88. The highest BCUT2D eigenvalue weighted by Gasteiger charge is 2.20. The zero-order valence-electron chi connectivity index (χ0n) is 14.5. The van der Waals surface area contributed by atoms with E-state index >= 15 is 0 Å². The molecule has 1 aliphatic heterocycles. The number of hydrogen-bond acceptors (Lipinski definition) is 4. The Morgan fingerprint density at radius 3 is 2.84 bits per heavy atom. The maximum absolute atomic E-state index is 14.7. The summed E-state index contributed by atoms with van der Waals surface area (Å²) in [5.74, 6) is -0.0393. The van der Waals surface area contributed by atoms with Crippen LogP contribution in [0.3, 0.4) is 0 Å². The molecule has 2 N–H and O–H groups in total. The van der Waals surface area contributed by atoms with Gasteiger partial charge in [0.05, 0.1) is 16.9 Å². The van der Waals surface area contributed by atoms with E-state index in [1.165, 1.54) is 6.20 Å². The van der Waals surface area contributed by atoms with Crippen molar-refractivity contribution in [2.24, 2.45) is 0 Å². The number of carbonyl (C=O) groups excluding carboxylic acids is 1. The van der Waals surface area contributed by atoms with Crippen LogP contribution < -0.4 is 10.6 Å². The molecule has 1 aliphatic rings. The Bertz CT molecular complexity index is 795. The van der Waals surface area contributed by atoms with Crippen LogP contribution in [0.2, 0.25) is 0 Å². The van der Waals surface area contributed by atoms with Crippen LogP contribution in [0.15, 0.2) is 18.3 Å². The average Bonchev–Trinajstić information content (AvgIpc) is 2.57. The second-order valence-electron chi connectivity index (χ2n) is 6.32. The Kier molecular flexibility index (Phi) is 6.08. The van der Waals surface area contributed by atoms with Gasteiger partial charge in [-0.3, -0.25) is 4.79 Å². The molecular formula is C18H22ClFN4O. The number of nitrogens with zero attached hydrogens (tertiary/aromatic N) is 2. The molecular weight excluding hydrogens is 343 g/mol. The molecule has 5 nitrogen and oxygen atoms in total. The average molecular weight is 365 g/mol. The first kappa shape index (κ1) is 19.3. The van der Waals surface area contributed by atoms with Crippen molar-refractivity contribution in [2.45, 2.75) is 39.7 Å². The van der Waals surface area contributed by atoms with Crippen molar-refractivity contribution in [3.63, 3.8) is 0 Å². The van der Waals surface area contributed by atoms with E-state index in [0.717, 1.165) is 12.1 Å². The third kappa shape index (κ3) is 3.96. The van der Waals surface area contributed by atoms with E-state index in [-0.39, 0.29) is 35.7 Å². The van der Waals surface area contributed by atoms with Crippen LogP contribution >= 0.6 is 12.4 Å². The number of rotatable bonds is 3. The fraction of sp³-hybridized carbons (Fsp3) is 0.389. The van der Waals surface area contributed by atoms with E-state index in [1.54, 1.807) is 13.0 Å². The molecule has 0 aliphatic carbocycles. The molecule has 3 rings (SSSR count). The zero-order valence-corrected chi connectivity index (χ0v) is 15.3. The smallest absolute Gasteiger partial charge is 0.259 e. The maximum Gasteiger partial charge on any atom is 0.259 e. The van der Waals surface area contributed by atoms with Crippen molar-refractivity contribution in [1.29, 1.82) is 0 Å². The molecule has 134 valence electrons. The van der Waals surface area contributed by atoms with Gasteiger partial charge in [-0.05, 0) is 43.0 Å². The molecule has 1 aromatic heterocycles. The van der Waals surface area contributed by atoms with Crippen LogP contribution in [0.5, 0.6) is 0 Å². The lowest BCUT2D eigenvalue weighted by molar-refractivity contribution is 0.102. The molecule has 0 atom stereocenters. The number of halogens is 2. The standard InChI is InChI=1S/C18H21FN4O.ClH/c1-10(2)17-14(9-21-11(3)22-17)18(24)23-15-5-4-12-8-20-7-6-13(12)16(15)19;/h4-5,9-10,20H,6-8H2,1-3H3,(H,23,24);1H. The summed E-state index contributed by atoms with van der Waals surface area (Å²) >= 11 is 0. The summed E-state index contributed by atoms with van der Waals surface area (Å²) in [6.07, 6.45) is 2.13. The van der Waals surface area contributed by atoms with Crippen LogP contribution in [-0.2, 0) is 13.0 Å². The van der Waals surface area contributed by atoms with Gasteiger partial charge in [0.1, 0.15) is 11.6 Å². The molecule has 0 spiro atoms. The summed E-state index contributed by atoms with van der Waals surface area (Å²) in [4.78, 5) is 21.1. The highest BCUT2D eigenvalue weighted by molar-refractivity contribution is 6.05. The Hall–Kier alpha value is -2.05. The third-order valence-corrected chi connectivity index (χ3v) is 4.19. The molecule has 0 saturated carbocycles. The first-order valence-electron chi connectivity index (χ1n) is 8.13. The van der Waals surface area contributed by atoms with Gasteiger partial charge < -0.3 is 10.6 Å². The fourth-order valence-corrected chi connectivity index (χ4v) is 2.92. The lowest BCUT2D eigenvalue weighted by atomic mass is 9.99. The van der Waals surface area contributed by atoms with Crippen LogP contribution in [0.25, 0.3) is 0 Å². The number of anilines is 1. The topological polar surface area (TPSA) is 66.9 Å². The van der Waals surface area contributed by atoms with Crippen LogP contribution in [0.1, 0.15) is 52.8 Å². The number of carbonyl (C=O) groups is 1. The second-order valence-corrected chi connectivity index (χ2v) is 6.32. The van der Waals surface area contributed by atoms with Crippen molar-refractivity contribution in [3.8, 4) is 0 Å². The lowest BCUT2D eigenvalue weighted by Crippen LogP contribution is -2.25. The number of aromatic nitrogens is 2. The van der Waals surface area contributed by atoms with Crippen LogP contribution in [-0.4, -0.2) is 22.4 Å². The largest absolute Gasteiger partial charge is 0.319 e. The summed E-state index contributed by atoms with van der Waals surface area (Å²) < 4.78 is 14.7. The van der Waals surface area contributed by atoms with Gasteiger partial charge in [0.2, 0.25) is 0 Å². The number of benzene rings is 1. The molecule has 2 aromatic rings. The van der Waals surface area contributed by atoms with Crippen molar-refractivity contribution in [3.05, 3.63) is 52.4 Å². The lowest BCUT2D eigenvalue weighted by Gasteiger charge is -2.19. The van der Waals surface area contributed by atoms with E-state index < -0.39 is 0 Å². The predicted molar refractivity (Wildman–Crippen MR) is 97.9 cm³/mol. The SMILES string of the molecule is Cc1ncc(C(=O)Nc2ccc3c(c2F)CCNC3)c(C(C)C)n1.Cl. The van der Waals surface area contributed by atoms with Gasteiger partial charge in [0.25, 0.3) is 5.91 Å². The van der Waals surface area contributed by atoms with Gasteiger partial charge >= 0.3 is 0 Å². The number of nitrogens with one attached hydrogen (secondary N) is 2. The number of hydrogen-bond donors (Lipinski definition) is 2. The third-order valence-electron chi connectivity index (χ3n) is 4.19. The monoisotopic (exact) mass is 364 g/mol. The molecule has 1 amide bonds. The first-order valence-corrected chi connectivity index (χ1v) is 8.13. The van der Waals surface area contributed by atoms with Crippen molar-refractivity contribution < 1.29 is 9.18 Å². The second kappa shape index (κ2) is 7.89. The summed E-state index contributed by atoms with van der Waals surface area (Å²) in [6, 6.07) is 3.47. The van der Waals surface area contributed by atoms with E-state index in [0.29, 0.717) is 35.6 Å². The molecule has 0 fully saturated rings. The minimum atomic E-state index is -0.383. The van der Waals surface area contributed by atoms with Gasteiger partial charge in [0, 0.05) is 12.7 Å². The number of aryl methyl sites for hydroxylation is 1. The van der Waals surface area contributed by atoms with Crippen LogP contribution in [0.4, 0.5) is 10.1 Å². The van der Waals surface area contributed by atoms with E-state index in [1.807, 2.05) is 19.9 Å². The number of amides is 1. The molecule has 0 radical (unpaired) electrons. The normalized spacial score (nSPS) is 13.2. The van der Waals surface area contributed by atoms with Gasteiger partial charge in [-0.2, -0.15) is 0 Å².